The first-order valence-electron chi connectivity index (χ1n) is 10.2. The van der Waals surface area contributed by atoms with Gasteiger partial charge in [0.05, 0.1) is 22.8 Å². The van der Waals surface area contributed by atoms with Gasteiger partial charge in [-0.25, -0.2) is 0 Å². The lowest BCUT2D eigenvalue weighted by Gasteiger charge is -2.13. The van der Waals surface area contributed by atoms with E-state index < -0.39 is 11.7 Å². The van der Waals surface area contributed by atoms with Crippen LogP contribution in [0, 0.1) is 0 Å². The fraction of sp³-hybridized carbons (Fsp3) is 0.174. The first kappa shape index (κ1) is 20.8. The number of amides is 1. The molecule has 2 N–H and O–H groups in total. The first-order chi connectivity index (χ1) is 15.7. The summed E-state index contributed by atoms with van der Waals surface area (Å²) in [7, 11) is 1.77. The first-order valence-corrected chi connectivity index (χ1v) is 10.2. The summed E-state index contributed by atoms with van der Waals surface area (Å²) in [6.45, 7) is 1.85. The van der Waals surface area contributed by atoms with Gasteiger partial charge in [0.25, 0.3) is 5.91 Å². The number of hydrogen-bond donors (Lipinski definition) is 2. The minimum atomic E-state index is -4.41. The minimum absolute atomic E-state index is 0.252. The van der Waals surface area contributed by atoms with E-state index in [1.807, 2.05) is 13.1 Å². The van der Waals surface area contributed by atoms with Crippen molar-refractivity contribution in [1.29, 1.82) is 0 Å². The Morgan fingerprint density at radius 1 is 1.09 bits per heavy atom. The average molecular weight is 452 g/mol. The smallest absolute Gasteiger partial charge is 0.344 e. The van der Waals surface area contributed by atoms with Crippen molar-refractivity contribution in [2.45, 2.75) is 19.1 Å². The molecule has 0 unspecified atom stereocenters. The van der Waals surface area contributed by atoms with Crippen LogP contribution in [-0.2, 0) is 13.2 Å². The molecule has 5 rings (SSSR count). The molecule has 1 amide bonds. The third kappa shape index (κ3) is 3.63. The third-order valence-corrected chi connectivity index (χ3v) is 5.60. The van der Waals surface area contributed by atoms with E-state index in [1.165, 1.54) is 12.1 Å². The summed E-state index contributed by atoms with van der Waals surface area (Å²) in [5.41, 5.74) is 2.41. The van der Waals surface area contributed by atoms with Gasteiger partial charge in [0, 0.05) is 41.5 Å². The van der Waals surface area contributed by atoms with Crippen LogP contribution in [0.1, 0.15) is 34.6 Å². The standard InChI is InChI=1S/C23H19F3N6O/c1-13(19-9-10-27-29-19)28-22(33)14-3-8-20-17(11-14)18-12-31(2)30-21(18)32(20)16-6-4-15(5-7-16)23(24,25)26/h3-13H,1-2H3,(H,27,29)(H,28,33)/t13-/m1/s1. The monoisotopic (exact) mass is 452 g/mol. The van der Waals surface area contributed by atoms with E-state index >= 15 is 0 Å². The van der Waals surface area contributed by atoms with Crippen molar-refractivity contribution in [1.82, 2.24) is 29.9 Å². The Morgan fingerprint density at radius 2 is 1.85 bits per heavy atom. The molecule has 0 aliphatic rings. The van der Waals surface area contributed by atoms with Gasteiger partial charge in [-0.2, -0.15) is 23.4 Å². The van der Waals surface area contributed by atoms with E-state index in [2.05, 4.69) is 20.6 Å². The quantitative estimate of drug-likeness (QED) is 0.413. The van der Waals surface area contributed by atoms with Gasteiger partial charge in [-0.3, -0.25) is 19.1 Å². The van der Waals surface area contributed by atoms with Gasteiger partial charge < -0.3 is 5.32 Å². The van der Waals surface area contributed by atoms with Crippen LogP contribution in [-0.4, -0.2) is 30.5 Å². The number of hydrogen-bond acceptors (Lipinski definition) is 3. The molecule has 10 heteroatoms. The normalized spacial score (nSPS) is 13.0. The molecule has 3 heterocycles. The van der Waals surface area contributed by atoms with Gasteiger partial charge in [-0.1, -0.05) is 0 Å². The number of alkyl halides is 3. The molecule has 0 saturated carbocycles. The summed E-state index contributed by atoms with van der Waals surface area (Å²) in [4.78, 5) is 12.9. The number of aromatic amines is 1. The van der Waals surface area contributed by atoms with Crippen molar-refractivity contribution < 1.29 is 18.0 Å². The van der Waals surface area contributed by atoms with Crippen LogP contribution in [0.25, 0.3) is 27.6 Å². The Morgan fingerprint density at radius 3 is 2.52 bits per heavy atom. The van der Waals surface area contributed by atoms with Crippen LogP contribution < -0.4 is 5.32 Å². The second-order valence-electron chi connectivity index (χ2n) is 7.86. The molecular formula is C23H19F3N6O. The number of H-pyrrole nitrogens is 1. The lowest BCUT2D eigenvalue weighted by Crippen LogP contribution is -2.26. The van der Waals surface area contributed by atoms with Gasteiger partial charge in [-0.05, 0) is 55.5 Å². The highest BCUT2D eigenvalue weighted by atomic mass is 19.4. The Balaban J connectivity index is 1.58. The lowest BCUT2D eigenvalue weighted by molar-refractivity contribution is -0.137. The molecular weight excluding hydrogens is 433 g/mol. The third-order valence-electron chi connectivity index (χ3n) is 5.60. The fourth-order valence-corrected chi connectivity index (χ4v) is 3.96. The fourth-order valence-electron chi connectivity index (χ4n) is 3.96. The van der Waals surface area contributed by atoms with Crippen molar-refractivity contribution in [2.75, 3.05) is 0 Å². The molecule has 0 aliphatic carbocycles. The highest BCUT2D eigenvalue weighted by Gasteiger charge is 2.30. The van der Waals surface area contributed by atoms with Crippen molar-refractivity contribution in [2.24, 2.45) is 7.05 Å². The summed E-state index contributed by atoms with van der Waals surface area (Å²) in [5.74, 6) is -0.252. The predicted molar refractivity (Wildman–Crippen MR) is 117 cm³/mol. The molecule has 2 aromatic carbocycles. The zero-order chi connectivity index (χ0) is 23.3. The Hall–Kier alpha value is -4.08. The molecule has 168 valence electrons. The number of carbonyl (C=O) groups excluding carboxylic acids is 1. The number of halogens is 3. The van der Waals surface area contributed by atoms with Crippen LogP contribution >= 0.6 is 0 Å². The number of nitrogens with one attached hydrogen (secondary N) is 2. The molecule has 0 spiro atoms. The van der Waals surface area contributed by atoms with Gasteiger partial charge in [0.15, 0.2) is 5.65 Å². The van der Waals surface area contributed by atoms with Crippen molar-refractivity contribution >= 4 is 27.8 Å². The van der Waals surface area contributed by atoms with Gasteiger partial charge in [-0.15, -0.1) is 0 Å². The lowest BCUT2D eigenvalue weighted by atomic mass is 10.1. The van der Waals surface area contributed by atoms with Gasteiger partial charge in [0.1, 0.15) is 0 Å². The zero-order valence-corrected chi connectivity index (χ0v) is 17.7. The van der Waals surface area contributed by atoms with E-state index in [-0.39, 0.29) is 11.9 Å². The van der Waals surface area contributed by atoms with Crippen molar-refractivity contribution in [3.8, 4) is 5.69 Å². The number of aryl methyl sites for hydroxylation is 1. The Labute approximate surface area is 185 Å². The summed E-state index contributed by atoms with van der Waals surface area (Å²) in [6, 6.07) is 11.7. The number of carbonyl (C=O) groups is 1. The van der Waals surface area contributed by atoms with E-state index in [0.717, 1.165) is 34.1 Å². The number of rotatable bonds is 4. The SMILES string of the molecule is C[C@@H](NC(=O)c1ccc2c(c1)c1cn(C)nc1n2-c1ccc(C(F)(F)F)cc1)c1ccn[nH]1. The number of aromatic nitrogens is 5. The second kappa shape index (κ2) is 7.51. The van der Waals surface area contributed by atoms with Gasteiger partial charge in [0.2, 0.25) is 0 Å². The largest absolute Gasteiger partial charge is 0.416 e. The maximum Gasteiger partial charge on any atom is 0.416 e. The average Bonchev–Trinajstić information content (AvgIpc) is 3.49. The number of benzene rings is 2. The van der Waals surface area contributed by atoms with E-state index in [9.17, 15) is 18.0 Å². The van der Waals surface area contributed by atoms with Crippen LogP contribution in [0.2, 0.25) is 0 Å². The summed E-state index contributed by atoms with van der Waals surface area (Å²) < 4.78 is 42.4. The minimum Gasteiger partial charge on any atom is -0.344 e. The van der Waals surface area contributed by atoms with Gasteiger partial charge >= 0.3 is 6.18 Å². The molecule has 5 aromatic rings. The zero-order valence-electron chi connectivity index (χ0n) is 17.7. The molecule has 0 radical (unpaired) electrons. The number of fused-ring (bicyclic) bond motifs is 3. The van der Waals surface area contributed by atoms with Crippen LogP contribution in [0.5, 0.6) is 0 Å². The summed E-state index contributed by atoms with van der Waals surface area (Å²) >= 11 is 0. The molecule has 0 aliphatic heterocycles. The molecule has 0 fully saturated rings. The van der Waals surface area contributed by atoms with E-state index in [1.54, 1.807) is 46.8 Å². The van der Waals surface area contributed by atoms with Crippen molar-refractivity contribution in [3.05, 3.63) is 77.7 Å². The molecule has 0 saturated heterocycles. The Kier molecular flexibility index (Phi) is 4.73. The van der Waals surface area contributed by atoms with Crippen molar-refractivity contribution in [3.63, 3.8) is 0 Å². The molecule has 3 aromatic heterocycles. The molecule has 7 nitrogen and oxygen atoms in total. The van der Waals surface area contributed by atoms with Crippen LogP contribution in [0.4, 0.5) is 13.2 Å². The van der Waals surface area contributed by atoms with Crippen LogP contribution in [0.15, 0.2) is 60.9 Å². The predicted octanol–water partition coefficient (Wildman–Crippen LogP) is 4.75. The van der Waals surface area contributed by atoms with E-state index in [0.29, 0.717) is 16.9 Å². The maximum absolute atomic E-state index is 13.0. The summed E-state index contributed by atoms with van der Waals surface area (Å²) in [5, 5.41) is 15.7. The number of nitrogens with zero attached hydrogens (tertiary/aromatic N) is 4. The molecule has 0 bridgehead atoms. The van der Waals surface area contributed by atoms with Crippen LogP contribution in [0.3, 0.4) is 0 Å². The highest BCUT2D eigenvalue weighted by molar-refractivity contribution is 6.10. The molecule has 1 atom stereocenters. The van der Waals surface area contributed by atoms with E-state index in [4.69, 9.17) is 0 Å². The second-order valence-corrected chi connectivity index (χ2v) is 7.86. The molecule has 33 heavy (non-hydrogen) atoms. The summed E-state index contributed by atoms with van der Waals surface area (Å²) in [6.07, 6.45) is -0.965. The maximum atomic E-state index is 13.0. The highest BCUT2D eigenvalue weighted by Crippen LogP contribution is 2.34. The Bertz CT molecular complexity index is 1460. The topological polar surface area (TPSA) is 80.5 Å².